The van der Waals surface area contributed by atoms with Crippen molar-refractivity contribution < 1.29 is 14.3 Å². The number of ether oxygens (including phenoxy) is 2. The molecule has 0 atom stereocenters. The van der Waals surface area contributed by atoms with E-state index in [1.54, 1.807) is 0 Å². The van der Waals surface area contributed by atoms with E-state index < -0.39 is 5.97 Å². The van der Waals surface area contributed by atoms with Gasteiger partial charge in [0.1, 0.15) is 0 Å². The second-order valence-corrected chi connectivity index (χ2v) is 4.65. The first-order chi connectivity index (χ1) is 8.19. The van der Waals surface area contributed by atoms with Crippen LogP contribution in [0.3, 0.4) is 0 Å². The van der Waals surface area contributed by atoms with E-state index in [4.69, 9.17) is 10.5 Å². The third kappa shape index (κ3) is 4.32. The third-order valence-corrected chi connectivity index (χ3v) is 3.15. The number of hydrogen-bond donors (Lipinski definition) is 1. The molecule has 0 spiro atoms. The van der Waals surface area contributed by atoms with Gasteiger partial charge in [-0.1, -0.05) is 13.3 Å². The van der Waals surface area contributed by atoms with Crippen LogP contribution in [0.1, 0.15) is 35.1 Å². The molecule has 6 heteroatoms. The van der Waals surface area contributed by atoms with Gasteiger partial charge >= 0.3 is 5.97 Å². The summed E-state index contributed by atoms with van der Waals surface area (Å²) in [6.45, 7) is 3.44. The van der Waals surface area contributed by atoms with Crippen LogP contribution in [0.25, 0.3) is 0 Å². The molecule has 0 radical (unpaired) electrons. The summed E-state index contributed by atoms with van der Waals surface area (Å²) in [6, 6.07) is 0. The number of thiazole rings is 1. The minimum Gasteiger partial charge on any atom is -0.464 e. The van der Waals surface area contributed by atoms with Crippen molar-refractivity contribution in [1.82, 2.24) is 4.98 Å². The Hall–Kier alpha value is -1.14. The zero-order chi connectivity index (χ0) is 12.7. The Morgan fingerprint density at radius 2 is 2.24 bits per heavy atom. The molecule has 0 saturated heterocycles. The van der Waals surface area contributed by atoms with Crippen LogP contribution < -0.4 is 5.73 Å². The molecule has 0 saturated carbocycles. The first-order valence-electron chi connectivity index (χ1n) is 5.60. The predicted octanol–water partition coefficient (Wildman–Crippen LogP) is 1.87. The van der Waals surface area contributed by atoms with Crippen LogP contribution in [-0.2, 0) is 15.9 Å². The van der Waals surface area contributed by atoms with Gasteiger partial charge in [0.05, 0.1) is 13.7 Å². The number of aromatic nitrogens is 1. The van der Waals surface area contributed by atoms with Crippen LogP contribution in [0.4, 0.5) is 5.13 Å². The molecule has 1 heterocycles. The van der Waals surface area contributed by atoms with Crippen LogP contribution >= 0.6 is 11.3 Å². The zero-order valence-corrected chi connectivity index (χ0v) is 11.0. The number of esters is 1. The third-order valence-electron chi connectivity index (χ3n) is 2.21. The summed E-state index contributed by atoms with van der Waals surface area (Å²) in [6.07, 6.45) is 2.80. The highest BCUT2D eigenvalue weighted by Gasteiger charge is 2.17. The summed E-state index contributed by atoms with van der Waals surface area (Å²) in [5, 5.41) is 0.383. The van der Waals surface area contributed by atoms with E-state index in [9.17, 15) is 4.79 Å². The topological polar surface area (TPSA) is 74.4 Å². The molecule has 0 aromatic carbocycles. The van der Waals surface area contributed by atoms with Gasteiger partial charge in [-0.05, 0) is 6.42 Å². The van der Waals surface area contributed by atoms with E-state index in [-0.39, 0.29) is 0 Å². The molecule has 0 unspecified atom stereocenters. The van der Waals surface area contributed by atoms with E-state index in [0.29, 0.717) is 23.9 Å². The second-order valence-electron chi connectivity index (χ2n) is 3.53. The van der Waals surface area contributed by atoms with Crippen molar-refractivity contribution in [3.8, 4) is 0 Å². The molecule has 96 valence electrons. The molecule has 0 amide bonds. The van der Waals surface area contributed by atoms with Crippen LogP contribution in [0.15, 0.2) is 0 Å². The standard InChI is InChI=1S/C11H18N2O3S/c1-3-4-6-16-7-5-8-9(10(14)15-2)13-11(12)17-8/h3-7H2,1-2H3,(H2,12,13). The highest BCUT2D eigenvalue weighted by molar-refractivity contribution is 7.15. The van der Waals surface area contributed by atoms with E-state index in [1.165, 1.54) is 18.4 Å². The number of nitrogens with two attached hydrogens (primary N) is 1. The fourth-order valence-electron chi connectivity index (χ4n) is 1.31. The molecule has 2 N–H and O–H groups in total. The average molecular weight is 258 g/mol. The lowest BCUT2D eigenvalue weighted by atomic mass is 10.3. The first kappa shape index (κ1) is 13.9. The Balaban J connectivity index is 2.49. The summed E-state index contributed by atoms with van der Waals surface area (Å²) in [5.41, 5.74) is 5.90. The van der Waals surface area contributed by atoms with Gasteiger partial charge in [0.25, 0.3) is 0 Å². The molecule has 1 rings (SSSR count). The summed E-state index contributed by atoms with van der Waals surface area (Å²) >= 11 is 1.31. The Morgan fingerprint density at radius 1 is 1.47 bits per heavy atom. The Kier molecular flexibility index (Phi) is 5.93. The maximum atomic E-state index is 11.4. The van der Waals surface area contributed by atoms with E-state index >= 15 is 0 Å². The average Bonchev–Trinajstić information content (AvgIpc) is 2.69. The van der Waals surface area contributed by atoms with Gasteiger partial charge in [-0.3, -0.25) is 0 Å². The highest BCUT2D eigenvalue weighted by Crippen LogP contribution is 2.21. The monoisotopic (exact) mass is 258 g/mol. The number of rotatable bonds is 7. The van der Waals surface area contributed by atoms with E-state index in [1.807, 2.05) is 0 Å². The molecular weight excluding hydrogens is 240 g/mol. The lowest BCUT2D eigenvalue weighted by Gasteiger charge is -2.02. The summed E-state index contributed by atoms with van der Waals surface area (Å²) in [4.78, 5) is 16.2. The molecule has 0 bridgehead atoms. The lowest BCUT2D eigenvalue weighted by Crippen LogP contribution is -2.07. The molecule has 17 heavy (non-hydrogen) atoms. The molecule has 0 fully saturated rings. The number of nitrogens with zero attached hydrogens (tertiary/aromatic N) is 1. The number of nitrogen functional groups attached to an aromatic ring is 1. The minimum absolute atomic E-state index is 0.314. The van der Waals surface area contributed by atoms with Crippen LogP contribution in [0, 0.1) is 0 Å². The van der Waals surface area contributed by atoms with Gasteiger partial charge in [0.2, 0.25) is 0 Å². The number of carbonyl (C=O) groups is 1. The summed E-state index contributed by atoms with van der Waals surface area (Å²) < 4.78 is 10.1. The SMILES string of the molecule is CCCCOCCc1sc(N)nc1C(=O)OC. The van der Waals surface area contributed by atoms with Crippen LogP contribution in [0.5, 0.6) is 0 Å². The number of unbranched alkanes of at least 4 members (excludes halogenated alkanes) is 1. The van der Waals surface area contributed by atoms with E-state index in [0.717, 1.165) is 24.3 Å². The molecule has 0 aliphatic carbocycles. The van der Waals surface area contributed by atoms with E-state index in [2.05, 4.69) is 16.6 Å². The highest BCUT2D eigenvalue weighted by atomic mass is 32.1. The molecule has 1 aromatic heterocycles. The number of anilines is 1. The fraction of sp³-hybridized carbons (Fsp3) is 0.636. The minimum atomic E-state index is -0.443. The smallest absolute Gasteiger partial charge is 0.357 e. The Labute approximate surface area is 105 Å². The van der Waals surface area contributed by atoms with Gasteiger partial charge in [0, 0.05) is 17.9 Å². The van der Waals surface area contributed by atoms with Crippen molar-refractivity contribution in [3.05, 3.63) is 10.6 Å². The largest absolute Gasteiger partial charge is 0.464 e. The second kappa shape index (κ2) is 7.24. The normalized spacial score (nSPS) is 10.5. The molecule has 5 nitrogen and oxygen atoms in total. The number of methoxy groups -OCH3 is 1. The zero-order valence-electron chi connectivity index (χ0n) is 10.2. The predicted molar refractivity (Wildman–Crippen MR) is 67.3 cm³/mol. The van der Waals surface area contributed by atoms with Crippen molar-refractivity contribution in [2.75, 3.05) is 26.1 Å². The van der Waals surface area contributed by atoms with Crippen LogP contribution in [0.2, 0.25) is 0 Å². The van der Waals surface area contributed by atoms with Crippen molar-refractivity contribution in [2.45, 2.75) is 26.2 Å². The quantitative estimate of drug-likeness (QED) is 0.597. The number of hydrogen-bond acceptors (Lipinski definition) is 6. The maximum Gasteiger partial charge on any atom is 0.357 e. The van der Waals surface area contributed by atoms with Crippen molar-refractivity contribution in [1.29, 1.82) is 0 Å². The maximum absolute atomic E-state index is 11.4. The fourth-order valence-corrected chi connectivity index (χ4v) is 2.11. The van der Waals surface area contributed by atoms with Crippen molar-refractivity contribution in [3.63, 3.8) is 0 Å². The molecule has 0 aliphatic heterocycles. The van der Waals surface area contributed by atoms with Gasteiger partial charge in [-0.2, -0.15) is 0 Å². The first-order valence-corrected chi connectivity index (χ1v) is 6.42. The van der Waals surface area contributed by atoms with Crippen molar-refractivity contribution in [2.24, 2.45) is 0 Å². The summed E-state index contributed by atoms with van der Waals surface area (Å²) in [7, 11) is 1.33. The van der Waals surface area contributed by atoms with Gasteiger partial charge in [-0.15, -0.1) is 11.3 Å². The van der Waals surface area contributed by atoms with Gasteiger partial charge in [0.15, 0.2) is 10.8 Å². The van der Waals surface area contributed by atoms with Crippen molar-refractivity contribution >= 4 is 22.4 Å². The Bertz CT molecular complexity index is 366. The van der Waals surface area contributed by atoms with Gasteiger partial charge < -0.3 is 15.2 Å². The summed E-state index contributed by atoms with van der Waals surface area (Å²) in [5.74, 6) is -0.443. The molecule has 0 aliphatic rings. The van der Waals surface area contributed by atoms with Crippen LogP contribution in [-0.4, -0.2) is 31.3 Å². The number of carbonyl (C=O) groups excluding carboxylic acids is 1. The van der Waals surface area contributed by atoms with Gasteiger partial charge in [-0.25, -0.2) is 9.78 Å². The lowest BCUT2D eigenvalue weighted by molar-refractivity contribution is 0.0593. The molecule has 1 aromatic rings. The Morgan fingerprint density at radius 3 is 2.88 bits per heavy atom. The molecular formula is C11H18N2O3S.